The maximum Gasteiger partial charge on any atom is 0.266 e. The van der Waals surface area contributed by atoms with Gasteiger partial charge >= 0.3 is 0 Å². The van der Waals surface area contributed by atoms with Crippen molar-refractivity contribution < 1.29 is 4.79 Å². The molecule has 0 radical (unpaired) electrons. The SMILES string of the molecule is CCC1CCCCN1C(=O)CSc1nc2ccccc2c(=O)n1-c1cccc(C)c1C. The van der Waals surface area contributed by atoms with E-state index in [-0.39, 0.29) is 17.2 Å². The van der Waals surface area contributed by atoms with Crippen LogP contribution in [0.25, 0.3) is 16.6 Å². The van der Waals surface area contributed by atoms with E-state index >= 15 is 0 Å². The Morgan fingerprint density at radius 1 is 1.13 bits per heavy atom. The Hall–Kier alpha value is -2.60. The molecule has 0 bridgehead atoms. The number of fused-ring (bicyclic) bond motifs is 1. The Kier molecular flexibility index (Phi) is 6.46. The molecule has 31 heavy (non-hydrogen) atoms. The van der Waals surface area contributed by atoms with E-state index in [1.807, 2.05) is 61.2 Å². The highest BCUT2D eigenvalue weighted by molar-refractivity contribution is 7.99. The smallest absolute Gasteiger partial charge is 0.266 e. The third-order valence-corrected chi connectivity index (χ3v) is 7.23. The van der Waals surface area contributed by atoms with E-state index in [1.54, 1.807) is 4.57 Å². The van der Waals surface area contributed by atoms with Gasteiger partial charge in [0.2, 0.25) is 5.91 Å². The normalized spacial score (nSPS) is 16.6. The van der Waals surface area contributed by atoms with Crippen molar-refractivity contribution in [2.24, 2.45) is 0 Å². The lowest BCUT2D eigenvalue weighted by Gasteiger charge is -2.35. The van der Waals surface area contributed by atoms with Crippen LogP contribution in [0.4, 0.5) is 0 Å². The number of carbonyl (C=O) groups excluding carboxylic acids is 1. The number of carbonyl (C=O) groups is 1. The van der Waals surface area contributed by atoms with Crippen molar-refractivity contribution in [2.75, 3.05) is 12.3 Å². The first-order valence-corrected chi connectivity index (χ1v) is 12.0. The van der Waals surface area contributed by atoms with Gasteiger partial charge in [-0.25, -0.2) is 4.98 Å². The zero-order chi connectivity index (χ0) is 22.0. The summed E-state index contributed by atoms with van der Waals surface area (Å²) >= 11 is 1.36. The van der Waals surface area contributed by atoms with Gasteiger partial charge in [-0.05, 0) is 68.9 Å². The van der Waals surface area contributed by atoms with Gasteiger partial charge in [-0.15, -0.1) is 0 Å². The van der Waals surface area contributed by atoms with Crippen LogP contribution in [0.2, 0.25) is 0 Å². The molecule has 1 aliphatic heterocycles. The summed E-state index contributed by atoms with van der Waals surface area (Å²) in [5.74, 6) is 0.415. The summed E-state index contributed by atoms with van der Waals surface area (Å²) in [5.41, 5.74) is 3.54. The van der Waals surface area contributed by atoms with Gasteiger partial charge in [0.25, 0.3) is 5.56 Å². The van der Waals surface area contributed by atoms with Gasteiger partial charge in [0.15, 0.2) is 5.16 Å². The number of aromatic nitrogens is 2. The van der Waals surface area contributed by atoms with Crippen LogP contribution in [0.15, 0.2) is 52.4 Å². The fraction of sp³-hybridized carbons (Fsp3) is 0.400. The molecule has 2 aromatic carbocycles. The molecule has 1 atom stereocenters. The number of amides is 1. The van der Waals surface area contributed by atoms with Gasteiger partial charge in [0.05, 0.1) is 22.3 Å². The molecule has 1 fully saturated rings. The maximum absolute atomic E-state index is 13.5. The van der Waals surface area contributed by atoms with Crippen LogP contribution in [0.5, 0.6) is 0 Å². The lowest BCUT2D eigenvalue weighted by molar-refractivity contribution is -0.132. The molecule has 1 aromatic heterocycles. The van der Waals surface area contributed by atoms with Gasteiger partial charge in [0, 0.05) is 12.6 Å². The number of likely N-dealkylation sites (tertiary alicyclic amines) is 1. The van der Waals surface area contributed by atoms with Crippen LogP contribution in [-0.2, 0) is 4.79 Å². The van der Waals surface area contributed by atoms with E-state index in [0.717, 1.165) is 42.6 Å². The first kappa shape index (κ1) is 21.6. The lowest BCUT2D eigenvalue weighted by atomic mass is 10.0. The summed E-state index contributed by atoms with van der Waals surface area (Å²) < 4.78 is 1.68. The van der Waals surface area contributed by atoms with E-state index in [9.17, 15) is 9.59 Å². The molecule has 6 heteroatoms. The van der Waals surface area contributed by atoms with Crippen LogP contribution >= 0.6 is 11.8 Å². The van der Waals surface area contributed by atoms with Gasteiger partial charge in [-0.3, -0.25) is 14.2 Å². The van der Waals surface area contributed by atoms with E-state index in [1.165, 1.54) is 18.2 Å². The molecule has 0 saturated carbocycles. The largest absolute Gasteiger partial charge is 0.339 e. The third kappa shape index (κ3) is 4.26. The molecular formula is C25H29N3O2S. The van der Waals surface area contributed by atoms with E-state index in [0.29, 0.717) is 22.1 Å². The highest BCUT2D eigenvalue weighted by Crippen LogP contribution is 2.26. The number of para-hydroxylation sites is 1. The molecule has 162 valence electrons. The summed E-state index contributed by atoms with van der Waals surface area (Å²) in [6, 6.07) is 13.7. The van der Waals surface area contributed by atoms with Crippen molar-refractivity contribution in [3.05, 3.63) is 63.9 Å². The number of hydrogen-bond acceptors (Lipinski definition) is 4. The van der Waals surface area contributed by atoms with Crippen LogP contribution < -0.4 is 5.56 Å². The molecular weight excluding hydrogens is 406 g/mol. The average molecular weight is 436 g/mol. The molecule has 2 heterocycles. The van der Waals surface area contributed by atoms with Gasteiger partial charge in [-0.2, -0.15) is 0 Å². The molecule has 4 rings (SSSR count). The Bertz CT molecular complexity index is 1170. The minimum absolute atomic E-state index is 0.0985. The molecule has 0 N–H and O–H groups in total. The van der Waals surface area contributed by atoms with Gasteiger partial charge in [-0.1, -0.05) is 43.0 Å². The Morgan fingerprint density at radius 2 is 1.94 bits per heavy atom. The molecule has 0 aliphatic carbocycles. The molecule has 1 saturated heterocycles. The summed E-state index contributed by atoms with van der Waals surface area (Å²) in [6.07, 6.45) is 4.31. The number of aryl methyl sites for hydroxylation is 1. The quantitative estimate of drug-likeness (QED) is 0.423. The Morgan fingerprint density at radius 3 is 2.74 bits per heavy atom. The van der Waals surface area contributed by atoms with E-state index < -0.39 is 0 Å². The van der Waals surface area contributed by atoms with Crippen LogP contribution in [0.1, 0.15) is 43.7 Å². The Balaban J connectivity index is 1.74. The predicted octanol–water partition coefficient (Wildman–Crippen LogP) is 4.89. The molecule has 1 unspecified atom stereocenters. The van der Waals surface area contributed by atoms with Gasteiger partial charge < -0.3 is 4.90 Å². The van der Waals surface area contributed by atoms with Crippen molar-refractivity contribution >= 4 is 28.6 Å². The lowest BCUT2D eigenvalue weighted by Crippen LogP contribution is -2.44. The monoisotopic (exact) mass is 435 g/mol. The summed E-state index contributed by atoms with van der Waals surface area (Å²) in [6.45, 7) is 7.03. The first-order valence-electron chi connectivity index (χ1n) is 11.0. The summed E-state index contributed by atoms with van der Waals surface area (Å²) in [4.78, 5) is 33.3. The zero-order valence-electron chi connectivity index (χ0n) is 18.4. The van der Waals surface area contributed by atoms with Crippen LogP contribution in [0, 0.1) is 13.8 Å². The molecule has 1 aliphatic rings. The second-order valence-corrected chi connectivity index (χ2v) is 9.15. The molecule has 1 amide bonds. The molecule has 3 aromatic rings. The highest BCUT2D eigenvalue weighted by Gasteiger charge is 2.26. The van der Waals surface area contributed by atoms with Crippen LogP contribution in [-0.4, -0.2) is 38.7 Å². The number of rotatable bonds is 5. The second kappa shape index (κ2) is 9.27. The topological polar surface area (TPSA) is 55.2 Å². The van der Waals surface area contributed by atoms with Crippen LogP contribution in [0.3, 0.4) is 0 Å². The molecule has 5 nitrogen and oxygen atoms in total. The Labute approximate surface area is 187 Å². The van der Waals surface area contributed by atoms with E-state index in [2.05, 4.69) is 6.92 Å². The number of nitrogens with zero attached hydrogens (tertiary/aromatic N) is 3. The van der Waals surface area contributed by atoms with Crippen molar-refractivity contribution in [1.29, 1.82) is 0 Å². The number of benzene rings is 2. The third-order valence-electron chi connectivity index (χ3n) is 6.31. The highest BCUT2D eigenvalue weighted by atomic mass is 32.2. The van der Waals surface area contributed by atoms with Crippen molar-refractivity contribution in [2.45, 2.75) is 57.7 Å². The van der Waals surface area contributed by atoms with Crippen molar-refractivity contribution in [1.82, 2.24) is 14.5 Å². The fourth-order valence-electron chi connectivity index (χ4n) is 4.36. The first-order chi connectivity index (χ1) is 15.0. The van der Waals surface area contributed by atoms with Gasteiger partial charge in [0.1, 0.15) is 0 Å². The minimum Gasteiger partial charge on any atom is -0.339 e. The fourth-order valence-corrected chi connectivity index (χ4v) is 5.25. The average Bonchev–Trinajstić information content (AvgIpc) is 2.80. The standard InChI is InChI=1S/C25H29N3O2S/c1-4-19-11-7-8-15-27(19)23(29)16-31-25-26-21-13-6-5-12-20(21)24(30)28(25)22-14-9-10-17(2)18(22)3/h5-6,9-10,12-14,19H,4,7-8,11,15-16H2,1-3H3. The van der Waals surface area contributed by atoms with E-state index in [4.69, 9.17) is 4.98 Å². The maximum atomic E-state index is 13.5. The summed E-state index contributed by atoms with van der Waals surface area (Å²) in [5, 5.41) is 1.15. The molecule has 0 spiro atoms. The number of thioether (sulfide) groups is 1. The number of piperidine rings is 1. The summed E-state index contributed by atoms with van der Waals surface area (Å²) in [7, 11) is 0. The second-order valence-electron chi connectivity index (χ2n) is 8.20. The number of hydrogen-bond donors (Lipinski definition) is 0. The van der Waals surface area contributed by atoms with Crippen molar-refractivity contribution in [3.8, 4) is 5.69 Å². The zero-order valence-corrected chi connectivity index (χ0v) is 19.2. The minimum atomic E-state index is -0.0985. The van der Waals surface area contributed by atoms with Crippen molar-refractivity contribution in [3.63, 3.8) is 0 Å². The predicted molar refractivity (Wildman–Crippen MR) is 127 cm³/mol.